The highest BCUT2D eigenvalue weighted by molar-refractivity contribution is 7.88. The number of hydrogen-bond acceptors (Lipinski definition) is 6. The van der Waals surface area contributed by atoms with E-state index in [0.29, 0.717) is 11.3 Å². The largest absolute Gasteiger partial charge is 0.534 e. The van der Waals surface area contributed by atoms with Crippen LogP contribution in [0.4, 0.5) is 26.3 Å². The first kappa shape index (κ1) is 22.7. The Kier molecular flexibility index (Phi) is 5.54. The van der Waals surface area contributed by atoms with Gasteiger partial charge in [0.25, 0.3) is 0 Å². The molecule has 3 rings (SSSR count). The average molecular weight is 469 g/mol. The molecule has 0 bridgehead atoms. The van der Waals surface area contributed by atoms with Gasteiger partial charge >= 0.3 is 21.8 Å². The summed E-state index contributed by atoms with van der Waals surface area (Å²) in [6, 6.07) is 6.50. The van der Waals surface area contributed by atoms with Gasteiger partial charge in [-0.25, -0.2) is 9.67 Å². The van der Waals surface area contributed by atoms with Crippen molar-refractivity contribution in [1.29, 1.82) is 0 Å². The number of fused-ring (bicyclic) bond motifs is 1. The number of aryl methyl sites for hydroxylation is 1. The summed E-state index contributed by atoms with van der Waals surface area (Å²) in [5.41, 5.74) is -8.11. The van der Waals surface area contributed by atoms with E-state index in [2.05, 4.69) is 14.3 Å². The fraction of sp³-hybridized carbons (Fsp3) is 0.294. The van der Waals surface area contributed by atoms with Crippen LogP contribution in [0.5, 0.6) is 11.5 Å². The number of methoxy groups -OCH3 is 1. The van der Waals surface area contributed by atoms with E-state index in [1.54, 1.807) is 24.3 Å². The van der Waals surface area contributed by atoms with Gasteiger partial charge in [-0.2, -0.15) is 39.9 Å². The number of alkyl halides is 6. The molecule has 168 valence electrons. The van der Waals surface area contributed by atoms with Crippen LogP contribution < -0.4 is 8.92 Å². The van der Waals surface area contributed by atoms with E-state index in [1.807, 2.05) is 0 Å². The summed E-state index contributed by atoms with van der Waals surface area (Å²) in [5.74, 6) is -0.987. The summed E-state index contributed by atoms with van der Waals surface area (Å²) in [5, 5.41) is 3.21. The predicted octanol–water partition coefficient (Wildman–Crippen LogP) is 4.04. The Labute approximate surface area is 171 Å². The van der Waals surface area contributed by atoms with Crippen molar-refractivity contribution < 1.29 is 43.7 Å². The molecule has 0 radical (unpaired) electrons. The molecule has 0 N–H and O–H groups in total. The second-order valence-electron chi connectivity index (χ2n) is 6.27. The van der Waals surface area contributed by atoms with Crippen molar-refractivity contribution in [3.63, 3.8) is 0 Å². The van der Waals surface area contributed by atoms with Gasteiger partial charge < -0.3 is 8.92 Å². The molecule has 0 aliphatic rings. The van der Waals surface area contributed by atoms with Crippen molar-refractivity contribution in [2.75, 3.05) is 7.11 Å². The van der Waals surface area contributed by atoms with Gasteiger partial charge in [-0.3, -0.25) is 0 Å². The van der Waals surface area contributed by atoms with Gasteiger partial charge in [-0.1, -0.05) is 12.1 Å². The number of benzene rings is 1. The third-order valence-corrected chi connectivity index (χ3v) is 5.12. The summed E-state index contributed by atoms with van der Waals surface area (Å²) >= 11 is 0. The van der Waals surface area contributed by atoms with Crippen molar-refractivity contribution in [3.05, 3.63) is 47.3 Å². The van der Waals surface area contributed by atoms with Crippen LogP contribution in [0.2, 0.25) is 0 Å². The van der Waals surface area contributed by atoms with Crippen LogP contribution in [0, 0.1) is 6.92 Å². The lowest BCUT2D eigenvalue weighted by Crippen LogP contribution is -2.29. The van der Waals surface area contributed by atoms with Crippen molar-refractivity contribution in [1.82, 2.24) is 14.8 Å². The molecule has 0 saturated carbocycles. The second-order valence-corrected chi connectivity index (χ2v) is 7.81. The van der Waals surface area contributed by atoms with Gasteiger partial charge in [0.15, 0.2) is 11.4 Å². The van der Waals surface area contributed by atoms with Crippen molar-refractivity contribution in [2.45, 2.75) is 25.2 Å². The lowest BCUT2D eigenvalue weighted by atomic mass is 10.1. The summed E-state index contributed by atoms with van der Waals surface area (Å²) in [6.07, 6.45) is -4.47. The van der Waals surface area contributed by atoms with Crippen LogP contribution in [-0.4, -0.2) is 35.8 Å². The van der Waals surface area contributed by atoms with Crippen LogP contribution >= 0.6 is 0 Å². The minimum absolute atomic E-state index is 0.0171. The Morgan fingerprint density at radius 3 is 2.19 bits per heavy atom. The third-order valence-electron chi connectivity index (χ3n) is 4.17. The highest BCUT2D eigenvalue weighted by atomic mass is 32.2. The van der Waals surface area contributed by atoms with Crippen molar-refractivity contribution in [3.8, 4) is 11.5 Å². The van der Waals surface area contributed by atoms with E-state index in [9.17, 15) is 34.8 Å². The summed E-state index contributed by atoms with van der Waals surface area (Å²) in [4.78, 5) is 3.78. The Hall–Kier alpha value is -3.03. The molecule has 0 saturated heterocycles. The molecule has 0 aliphatic carbocycles. The van der Waals surface area contributed by atoms with Gasteiger partial charge in [0, 0.05) is 0 Å². The molecule has 3 aromatic rings. The Balaban J connectivity index is 2.18. The summed E-state index contributed by atoms with van der Waals surface area (Å²) in [6.45, 7) is 0.858. The summed E-state index contributed by atoms with van der Waals surface area (Å²) in [7, 11) is -4.92. The maximum Gasteiger partial charge on any atom is 0.534 e. The zero-order valence-corrected chi connectivity index (χ0v) is 16.6. The highest BCUT2D eigenvalue weighted by Gasteiger charge is 2.50. The monoisotopic (exact) mass is 469 g/mol. The van der Waals surface area contributed by atoms with E-state index < -0.39 is 44.2 Å². The van der Waals surface area contributed by atoms with Gasteiger partial charge in [0.05, 0.1) is 30.9 Å². The minimum atomic E-state index is -6.38. The van der Waals surface area contributed by atoms with Crippen LogP contribution in [0.3, 0.4) is 0 Å². The molecular weight excluding hydrogens is 456 g/mol. The number of hydrogen-bond donors (Lipinski definition) is 0. The van der Waals surface area contributed by atoms with Gasteiger partial charge in [0.1, 0.15) is 11.3 Å². The van der Waals surface area contributed by atoms with Gasteiger partial charge in [0.2, 0.25) is 0 Å². The smallest absolute Gasteiger partial charge is 0.497 e. The van der Waals surface area contributed by atoms with Crippen molar-refractivity contribution in [2.24, 2.45) is 0 Å². The van der Waals surface area contributed by atoms with Crippen LogP contribution in [0.1, 0.15) is 16.8 Å². The Morgan fingerprint density at radius 1 is 1.06 bits per heavy atom. The topological polar surface area (TPSA) is 83.3 Å². The zero-order valence-electron chi connectivity index (χ0n) is 15.7. The first-order chi connectivity index (χ1) is 14.2. The number of pyridine rings is 1. The molecule has 0 spiro atoms. The first-order valence-electron chi connectivity index (χ1n) is 8.31. The highest BCUT2D eigenvalue weighted by Crippen LogP contribution is 2.43. The Bertz CT molecular complexity index is 1220. The van der Waals surface area contributed by atoms with Crippen LogP contribution in [-0.2, 0) is 22.8 Å². The molecule has 14 heteroatoms. The second kappa shape index (κ2) is 7.59. The van der Waals surface area contributed by atoms with Crippen LogP contribution in [0.25, 0.3) is 11.0 Å². The standard InChI is InChI=1S/C17H13F6N3O4S/c1-9-13(16(18,19)20)14(30-31(27,28)17(21,22)23)12-7-24-26(15(12)25-9)8-10-3-5-11(29-2)6-4-10/h3-7H,8H2,1-2H3. The maximum atomic E-state index is 13.5. The first-order valence-corrected chi connectivity index (χ1v) is 9.72. The molecular formula is C17H13F6N3O4S. The van der Waals surface area contributed by atoms with E-state index in [0.717, 1.165) is 17.8 Å². The molecule has 7 nitrogen and oxygen atoms in total. The molecule has 0 amide bonds. The lowest BCUT2D eigenvalue weighted by molar-refractivity contribution is -0.139. The van der Waals surface area contributed by atoms with E-state index in [4.69, 9.17) is 4.74 Å². The average Bonchev–Trinajstić information content (AvgIpc) is 3.02. The van der Waals surface area contributed by atoms with E-state index in [1.165, 1.54) is 7.11 Å². The molecule has 0 aliphatic heterocycles. The maximum absolute atomic E-state index is 13.5. The number of aromatic nitrogens is 3. The summed E-state index contributed by atoms with van der Waals surface area (Å²) < 4.78 is 112. The molecule has 0 unspecified atom stereocenters. The molecule has 2 aromatic heterocycles. The minimum Gasteiger partial charge on any atom is -0.497 e. The van der Waals surface area contributed by atoms with E-state index in [-0.39, 0.29) is 12.2 Å². The number of nitrogens with zero attached hydrogens (tertiary/aromatic N) is 3. The van der Waals surface area contributed by atoms with Gasteiger partial charge in [-0.15, -0.1) is 0 Å². The fourth-order valence-corrected chi connectivity index (χ4v) is 3.25. The van der Waals surface area contributed by atoms with E-state index >= 15 is 0 Å². The third kappa shape index (κ3) is 4.38. The quantitative estimate of drug-likeness (QED) is 0.319. The predicted molar refractivity (Wildman–Crippen MR) is 95.0 cm³/mol. The number of ether oxygens (including phenoxy) is 1. The van der Waals surface area contributed by atoms with Crippen molar-refractivity contribution >= 4 is 21.2 Å². The number of halogens is 6. The lowest BCUT2D eigenvalue weighted by Gasteiger charge is -2.17. The molecule has 1 aromatic carbocycles. The fourth-order valence-electron chi connectivity index (χ4n) is 2.77. The van der Waals surface area contributed by atoms with Gasteiger partial charge in [-0.05, 0) is 24.6 Å². The molecule has 0 atom stereocenters. The number of rotatable bonds is 5. The normalized spacial score (nSPS) is 12.9. The zero-order chi connectivity index (χ0) is 23.2. The molecule has 0 fully saturated rings. The van der Waals surface area contributed by atoms with Crippen LogP contribution in [0.15, 0.2) is 30.5 Å². The SMILES string of the molecule is COc1ccc(Cn2ncc3c(OS(=O)(=O)C(F)(F)F)c(C(F)(F)F)c(C)nc32)cc1. The Morgan fingerprint density at radius 2 is 1.68 bits per heavy atom. The molecule has 31 heavy (non-hydrogen) atoms. The molecule has 2 heterocycles.